The first-order chi connectivity index (χ1) is 8.56. The van der Waals surface area contributed by atoms with Crippen molar-refractivity contribution in [3.8, 4) is 5.75 Å². The number of anilines is 2. The van der Waals surface area contributed by atoms with E-state index in [9.17, 15) is 4.79 Å². The van der Waals surface area contributed by atoms with Crippen LogP contribution < -0.4 is 15.8 Å². The quantitative estimate of drug-likeness (QED) is 0.760. The minimum atomic E-state index is -0.210. The smallest absolute Gasteiger partial charge is 0.250 e. The molecule has 5 heteroatoms. The van der Waals surface area contributed by atoms with Crippen LogP contribution >= 0.6 is 0 Å². The van der Waals surface area contributed by atoms with E-state index in [0.29, 0.717) is 17.1 Å². The third-order valence-corrected chi connectivity index (χ3v) is 2.57. The molecule has 5 nitrogen and oxygen atoms in total. The molecule has 0 fully saturated rings. The van der Waals surface area contributed by atoms with Crippen molar-refractivity contribution in [3.05, 3.63) is 18.2 Å². The molecule has 100 valence electrons. The van der Waals surface area contributed by atoms with Gasteiger partial charge in [0.2, 0.25) is 5.91 Å². The fraction of sp³-hybridized carbons (Fsp3) is 0.462. The average molecular weight is 252 g/mol. The third kappa shape index (κ3) is 4.25. The van der Waals surface area contributed by atoms with E-state index >= 15 is 0 Å². The topological polar surface area (TPSA) is 73.6 Å². The first-order valence-corrected chi connectivity index (χ1v) is 5.91. The van der Waals surface area contributed by atoms with Gasteiger partial charge in [-0.1, -0.05) is 6.92 Å². The summed E-state index contributed by atoms with van der Waals surface area (Å²) < 4.78 is 10.5. The number of nitrogens with two attached hydrogens (primary N) is 1. The van der Waals surface area contributed by atoms with Crippen molar-refractivity contribution < 1.29 is 14.3 Å². The van der Waals surface area contributed by atoms with Crippen LogP contribution in [0, 0.1) is 0 Å². The van der Waals surface area contributed by atoms with Gasteiger partial charge >= 0.3 is 0 Å². The lowest BCUT2D eigenvalue weighted by Gasteiger charge is -2.13. The SMILES string of the molecule is CCC(C)OCC(=O)Nc1ccc(N)cc1OC. The normalized spacial score (nSPS) is 11.9. The van der Waals surface area contributed by atoms with Gasteiger partial charge < -0.3 is 20.5 Å². The van der Waals surface area contributed by atoms with Gasteiger partial charge in [0.25, 0.3) is 0 Å². The summed E-state index contributed by atoms with van der Waals surface area (Å²) in [6.07, 6.45) is 0.947. The second-order valence-corrected chi connectivity index (χ2v) is 4.04. The van der Waals surface area contributed by atoms with Crippen LogP contribution in [0.2, 0.25) is 0 Å². The zero-order valence-electron chi connectivity index (χ0n) is 11.0. The Kier molecular flexibility index (Phi) is 5.45. The fourth-order valence-corrected chi connectivity index (χ4v) is 1.33. The summed E-state index contributed by atoms with van der Waals surface area (Å²) in [6.45, 7) is 3.96. The Hall–Kier alpha value is -1.75. The highest BCUT2D eigenvalue weighted by atomic mass is 16.5. The summed E-state index contributed by atoms with van der Waals surface area (Å²) >= 11 is 0. The van der Waals surface area contributed by atoms with Crippen LogP contribution in [0.5, 0.6) is 5.75 Å². The van der Waals surface area contributed by atoms with Crippen LogP contribution in [0.3, 0.4) is 0 Å². The van der Waals surface area contributed by atoms with Gasteiger partial charge in [0, 0.05) is 11.8 Å². The molecule has 0 saturated carbocycles. The Bertz CT molecular complexity index is 407. The van der Waals surface area contributed by atoms with E-state index < -0.39 is 0 Å². The maximum absolute atomic E-state index is 11.7. The number of hydrogen-bond acceptors (Lipinski definition) is 4. The van der Waals surface area contributed by atoms with Crippen LogP contribution in [-0.2, 0) is 9.53 Å². The molecular weight excluding hydrogens is 232 g/mol. The van der Waals surface area contributed by atoms with E-state index in [1.807, 2.05) is 13.8 Å². The van der Waals surface area contributed by atoms with Crippen LogP contribution in [-0.4, -0.2) is 25.7 Å². The standard InChI is InChI=1S/C13H20N2O3/c1-4-9(2)18-8-13(16)15-11-6-5-10(14)7-12(11)17-3/h5-7,9H,4,8,14H2,1-3H3,(H,15,16). The molecule has 1 rings (SSSR count). The number of benzene rings is 1. The molecule has 0 saturated heterocycles. The van der Waals surface area contributed by atoms with Crippen molar-refractivity contribution in [2.24, 2.45) is 0 Å². The Morgan fingerprint density at radius 1 is 1.50 bits per heavy atom. The van der Waals surface area contributed by atoms with Gasteiger partial charge in [-0.05, 0) is 25.5 Å². The molecule has 0 aliphatic carbocycles. The predicted molar refractivity (Wildman–Crippen MR) is 71.7 cm³/mol. The van der Waals surface area contributed by atoms with Crippen molar-refractivity contribution in [2.75, 3.05) is 24.8 Å². The van der Waals surface area contributed by atoms with Crippen LogP contribution in [0.1, 0.15) is 20.3 Å². The lowest BCUT2D eigenvalue weighted by Crippen LogP contribution is -2.21. The highest BCUT2D eigenvalue weighted by Gasteiger charge is 2.09. The van der Waals surface area contributed by atoms with Crippen LogP contribution in [0.25, 0.3) is 0 Å². The second-order valence-electron chi connectivity index (χ2n) is 4.04. The van der Waals surface area contributed by atoms with Crippen molar-refractivity contribution in [1.29, 1.82) is 0 Å². The molecule has 3 N–H and O–H groups in total. The van der Waals surface area contributed by atoms with Crippen molar-refractivity contribution in [1.82, 2.24) is 0 Å². The van der Waals surface area contributed by atoms with Gasteiger partial charge in [-0.2, -0.15) is 0 Å². The zero-order valence-corrected chi connectivity index (χ0v) is 11.0. The van der Waals surface area contributed by atoms with Gasteiger partial charge in [0.15, 0.2) is 0 Å². The zero-order chi connectivity index (χ0) is 13.5. The molecule has 1 unspecified atom stereocenters. The molecule has 0 aliphatic rings. The lowest BCUT2D eigenvalue weighted by atomic mass is 10.2. The summed E-state index contributed by atoms with van der Waals surface area (Å²) in [7, 11) is 1.53. The van der Waals surface area contributed by atoms with Crippen LogP contribution in [0.4, 0.5) is 11.4 Å². The maximum Gasteiger partial charge on any atom is 0.250 e. The molecule has 0 spiro atoms. The van der Waals surface area contributed by atoms with E-state index in [2.05, 4.69) is 5.32 Å². The number of rotatable bonds is 6. The molecule has 1 aromatic rings. The molecule has 1 atom stereocenters. The van der Waals surface area contributed by atoms with E-state index in [1.54, 1.807) is 18.2 Å². The van der Waals surface area contributed by atoms with E-state index in [4.69, 9.17) is 15.2 Å². The monoisotopic (exact) mass is 252 g/mol. The molecule has 0 aliphatic heterocycles. The molecule has 1 amide bonds. The van der Waals surface area contributed by atoms with Crippen molar-refractivity contribution in [3.63, 3.8) is 0 Å². The van der Waals surface area contributed by atoms with Gasteiger partial charge in [0.05, 0.1) is 18.9 Å². The highest BCUT2D eigenvalue weighted by Crippen LogP contribution is 2.26. The number of carbonyl (C=O) groups excluding carboxylic acids is 1. The third-order valence-electron chi connectivity index (χ3n) is 2.57. The van der Waals surface area contributed by atoms with Crippen LogP contribution in [0.15, 0.2) is 18.2 Å². The summed E-state index contributed by atoms with van der Waals surface area (Å²) in [6, 6.07) is 5.06. The Labute approximate surface area is 107 Å². The molecule has 0 aromatic heterocycles. The predicted octanol–water partition coefficient (Wildman–Crippen LogP) is 2.03. The minimum Gasteiger partial charge on any atom is -0.494 e. The Morgan fingerprint density at radius 3 is 2.83 bits per heavy atom. The molecule has 0 heterocycles. The number of ether oxygens (including phenoxy) is 2. The van der Waals surface area contributed by atoms with E-state index in [0.717, 1.165) is 6.42 Å². The molecule has 1 aromatic carbocycles. The number of nitrogen functional groups attached to an aromatic ring is 1. The van der Waals surface area contributed by atoms with Crippen molar-refractivity contribution >= 4 is 17.3 Å². The van der Waals surface area contributed by atoms with Crippen molar-refractivity contribution in [2.45, 2.75) is 26.4 Å². The summed E-state index contributed by atoms with van der Waals surface area (Å²) in [5.41, 5.74) is 6.80. The summed E-state index contributed by atoms with van der Waals surface area (Å²) in [4.78, 5) is 11.7. The van der Waals surface area contributed by atoms with E-state index in [1.165, 1.54) is 7.11 Å². The molecule has 18 heavy (non-hydrogen) atoms. The molecule has 0 bridgehead atoms. The molecular formula is C13H20N2O3. The number of amides is 1. The largest absolute Gasteiger partial charge is 0.494 e. The molecule has 0 radical (unpaired) electrons. The maximum atomic E-state index is 11.7. The Morgan fingerprint density at radius 2 is 2.22 bits per heavy atom. The first-order valence-electron chi connectivity index (χ1n) is 5.91. The number of nitrogens with one attached hydrogen (secondary N) is 1. The second kappa shape index (κ2) is 6.86. The Balaban J connectivity index is 2.59. The number of methoxy groups -OCH3 is 1. The van der Waals surface area contributed by atoms with Gasteiger partial charge in [0.1, 0.15) is 12.4 Å². The van der Waals surface area contributed by atoms with Gasteiger partial charge in [-0.25, -0.2) is 0 Å². The highest BCUT2D eigenvalue weighted by molar-refractivity contribution is 5.93. The summed E-state index contributed by atoms with van der Waals surface area (Å²) in [5.74, 6) is 0.324. The lowest BCUT2D eigenvalue weighted by molar-refractivity contribution is -0.122. The number of hydrogen-bond donors (Lipinski definition) is 2. The summed E-state index contributed by atoms with van der Waals surface area (Å²) in [5, 5.41) is 2.72. The first kappa shape index (κ1) is 14.3. The number of carbonyl (C=O) groups is 1. The minimum absolute atomic E-state index is 0.0303. The average Bonchev–Trinajstić information content (AvgIpc) is 2.37. The van der Waals surface area contributed by atoms with Gasteiger partial charge in [-0.15, -0.1) is 0 Å². The van der Waals surface area contributed by atoms with E-state index in [-0.39, 0.29) is 18.6 Å². The van der Waals surface area contributed by atoms with Gasteiger partial charge in [-0.3, -0.25) is 4.79 Å². The fourth-order valence-electron chi connectivity index (χ4n) is 1.33.